The van der Waals surface area contributed by atoms with Crippen LogP contribution in [0.5, 0.6) is 0 Å². The van der Waals surface area contributed by atoms with Gasteiger partial charge in [-0.05, 0) is 30.7 Å². The number of hydrogen-bond acceptors (Lipinski definition) is 3. The maximum atomic E-state index is 12.0. The highest BCUT2D eigenvalue weighted by Gasteiger charge is 2.23. The van der Waals surface area contributed by atoms with E-state index < -0.39 is 5.97 Å². The molecule has 22 heavy (non-hydrogen) atoms. The van der Waals surface area contributed by atoms with Gasteiger partial charge < -0.3 is 9.30 Å². The lowest BCUT2D eigenvalue weighted by atomic mass is 10.2. The molecular weight excluding hydrogens is 278 g/mol. The average Bonchev–Trinajstić information content (AvgIpc) is 3.12. The molecule has 3 heterocycles. The first-order chi connectivity index (χ1) is 10.8. The van der Waals surface area contributed by atoms with Crippen LogP contribution >= 0.6 is 0 Å². The van der Waals surface area contributed by atoms with Crippen molar-refractivity contribution in [2.45, 2.75) is 13.5 Å². The molecule has 0 fully saturated rings. The molecule has 5 nitrogen and oxygen atoms in total. The number of fused-ring (bicyclic) bond motifs is 5. The van der Waals surface area contributed by atoms with Crippen molar-refractivity contribution in [1.82, 2.24) is 14.1 Å². The van der Waals surface area contributed by atoms with E-state index in [2.05, 4.69) is 15.6 Å². The summed E-state index contributed by atoms with van der Waals surface area (Å²) >= 11 is 0. The lowest BCUT2D eigenvalue weighted by Crippen LogP contribution is -2.05. The monoisotopic (exact) mass is 293 g/mol. The number of hydrogen-bond donors (Lipinski definition) is 0. The Bertz CT molecular complexity index is 860. The van der Waals surface area contributed by atoms with Crippen molar-refractivity contribution in [2.75, 3.05) is 6.61 Å². The van der Waals surface area contributed by atoms with E-state index in [1.807, 2.05) is 41.1 Å². The van der Waals surface area contributed by atoms with E-state index in [0.717, 1.165) is 23.8 Å². The summed E-state index contributed by atoms with van der Waals surface area (Å²) in [6.45, 7) is 2.92. The summed E-state index contributed by atoms with van der Waals surface area (Å²) in [5.74, 6) is 0.372. The van der Waals surface area contributed by atoms with Crippen molar-refractivity contribution in [1.29, 1.82) is 0 Å². The Balaban J connectivity index is 1.95. The van der Waals surface area contributed by atoms with Crippen LogP contribution < -0.4 is 0 Å². The van der Waals surface area contributed by atoms with E-state index in [1.165, 1.54) is 5.56 Å². The van der Waals surface area contributed by atoms with E-state index in [0.29, 0.717) is 12.3 Å². The molecule has 0 radical (unpaired) electrons. The first-order valence-corrected chi connectivity index (χ1v) is 7.28. The van der Waals surface area contributed by atoms with Crippen molar-refractivity contribution in [3.8, 4) is 17.2 Å². The maximum absolute atomic E-state index is 12.0. The van der Waals surface area contributed by atoms with E-state index in [4.69, 9.17) is 4.74 Å². The molecule has 110 valence electrons. The highest BCUT2D eigenvalue weighted by molar-refractivity contribution is 5.88. The maximum Gasteiger partial charge on any atom is 0.358 e. The van der Waals surface area contributed by atoms with Crippen LogP contribution in [0.4, 0.5) is 0 Å². The van der Waals surface area contributed by atoms with Gasteiger partial charge in [-0.1, -0.05) is 18.2 Å². The van der Waals surface area contributed by atoms with Gasteiger partial charge in [0.15, 0.2) is 11.5 Å². The average molecular weight is 293 g/mol. The molecule has 1 aliphatic rings. The summed E-state index contributed by atoms with van der Waals surface area (Å²) in [6.07, 6.45) is 3.79. The van der Waals surface area contributed by atoms with Gasteiger partial charge in [0.2, 0.25) is 0 Å². The quantitative estimate of drug-likeness (QED) is 0.534. The summed E-state index contributed by atoms with van der Waals surface area (Å²) in [5.41, 5.74) is 3.56. The van der Waals surface area contributed by atoms with Crippen molar-refractivity contribution < 1.29 is 9.53 Å². The predicted octanol–water partition coefficient (Wildman–Crippen LogP) is 2.88. The molecule has 0 N–H and O–H groups in total. The van der Waals surface area contributed by atoms with Gasteiger partial charge in [0, 0.05) is 18.9 Å². The van der Waals surface area contributed by atoms with Gasteiger partial charge in [-0.3, -0.25) is 4.57 Å². The van der Waals surface area contributed by atoms with E-state index in [1.54, 1.807) is 13.1 Å². The smallest absolute Gasteiger partial charge is 0.358 e. The molecule has 0 unspecified atom stereocenters. The van der Waals surface area contributed by atoms with Gasteiger partial charge in [-0.25, -0.2) is 9.78 Å². The number of aromatic nitrogens is 3. The van der Waals surface area contributed by atoms with Crippen molar-refractivity contribution in [3.05, 3.63) is 60.0 Å². The Hall–Kier alpha value is -2.82. The zero-order chi connectivity index (χ0) is 15.1. The third-order valence-electron chi connectivity index (χ3n) is 3.84. The SMILES string of the molecule is CCOC(=O)c1cn2c(n1)-c1cccn1Cc1ccccc1-2. The number of nitrogens with zero attached hydrogens (tertiary/aromatic N) is 3. The Morgan fingerprint density at radius 1 is 1.27 bits per heavy atom. The van der Waals surface area contributed by atoms with Crippen LogP contribution in [0, 0.1) is 0 Å². The fourth-order valence-electron chi connectivity index (χ4n) is 2.87. The predicted molar refractivity (Wildman–Crippen MR) is 82.0 cm³/mol. The lowest BCUT2D eigenvalue weighted by Gasteiger charge is -2.08. The number of carbonyl (C=O) groups excluding carboxylic acids is 1. The number of para-hydroxylation sites is 1. The van der Waals surface area contributed by atoms with E-state index >= 15 is 0 Å². The van der Waals surface area contributed by atoms with Crippen molar-refractivity contribution in [3.63, 3.8) is 0 Å². The van der Waals surface area contributed by atoms with Gasteiger partial charge in [-0.2, -0.15) is 0 Å². The molecule has 1 aromatic carbocycles. The molecule has 0 spiro atoms. The third-order valence-corrected chi connectivity index (χ3v) is 3.84. The molecule has 2 aromatic heterocycles. The standard InChI is InChI=1S/C17H15N3O2/c1-2-22-17(21)13-11-20-14-7-4-3-6-12(14)10-19-9-5-8-15(19)16(20)18-13/h3-9,11H,2,10H2,1H3. The summed E-state index contributed by atoms with van der Waals surface area (Å²) < 4.78 is 9.18. The second-order valence-corrected chi connectivity index (χ2v) is 5.19. The molecule has 4 rings (SSSR count). The summed E-state index contributed by atoms with van der Waals surface area (Å²) in [4.78, 5) is 16.5. The lowest BCUT2D eigenvalue weighted by molar-refractivity contribution is 0.0520. The van der Waals surface area contributed by atoms with Crippen molar-refractivity contribution in [2.24, 2.45) is 0 Å². The van der Waals surface area contributed by atoms with Gasteiger partial charge in [-0.15, -0.1) is 0 Å². The Labute approximate surface area is 127 Å². The first kappa shape index (κ1) is 12.9. The minimum atomic E-state index is -0.390. The van der Waals surface area contributed by atoms with Crippen LogP contribution in [0.25, 0.3) is 17.2 Å². The molecule has 5 heteroatoms. The fraction of sp³-hybridized carbons (Fsp3) is 0.176. The minimum absolute atomic E-state index is 0.335. The zero-order valence-electron chi connectivity index (χ0n) is 12.2. The molecule has 0 saturated heterocycles. The molecule has 1 aliphatic heterocycles. The van der Waals surface area contributed by atoms with Crippen LogP contribution in [0.3, 0.4) is 0 Å². The highest BCUT2D eigenvalue weighted by atomic mass is 16.5. The molecule has 0 atom stereocenters. The van der Waals surface area contributed by atoms with Crippen LogP contribution in [-0.2, 0) is 11.3 Å². The third kappa shape index (κ3) is 1.86. The topological polar surface area (TPSA) is 49.1 Å². The number of esters is 1. The minimum Gasteiger partial charge on any atom is -0.461 e. The molecule has 0 amide bonds. The Morgan fingerprint density at radius 3 is 3.00 bits per heavy atom. The van der Waals surface area contributed by atoms with Crippen LogP contribution in [0.1, 0.15) is 23.0 Å². The molecule has 0 bridgehead atoms. The molecular formula is C17H15N3O2. The summed E-state index contributed by atoms with van der Waals surface area (Å²) in [6, 6.07) is 12.2. The van der Waals surface area contributed by atoms with Crippen LogP contribution in [-0.4, -0.2) is 26.7 Å². The first-order valence-electron chi connectivity index (χ1n) is 7.28. The van der Waals surface area contributed by atoms with E-state index in [-0.39, 0.29) is 0 Å². The van der Waals surface area contributed by atoms with Gasteiger partial charge in [0.25, 0.3) is 0 Å². The summed E-state index contributed by atoms with van der Waals surface area (Å²) in [5, 5.41) is 0. The number of rotatable bonds is 2. The normalized spacial score (nSPS) is 12.0. The second kappa shape index (κ2) is 4.87. The highest BCUT2D eigenvalue weighted by Crippen LogP contribution is 2.30. The number of imidazole rings is 1. The summed E-state index contributed by atoms with van der Waals surface area (Å²) in [7, 11) is 0. The van der Waals surface area contributed by atoms with Crippen molar-refractivity contribution >= 4 is 5.97 Å². The number of benzene rings is 1. The Kier molecular flexibility index (Phi) is 2.85. The van der Waals surface area contributed by atoms with Gasteiger partial charge in [0.05, 0.1) is 18.0 Å². The molecule has 0 saturated carbocycles. The van der Waals surface area contributed by atoms with Crippen LogP contribution in [0.2, 0.25) is 0 Å². The fourth-order valence-corrected chi connectivity index (χ4v) is 2.87. The Morgan fingerprint density at radius 2 is 2.14 bits per heavy atom. The number of carbonyl (C=O) groups is 1. The number of ether oxygens (including phenoxy) is 1. The van der Waals surface area contributed by atoms with Crippen LogP contribution in [0.15, 0.2) is 48.8 Å². The van der Waals surface area contributed by atoms with Gasteiger partial charge in [0.1, 0.15) is 0 Å². The zero-order valence-corrected chi connectivity index (χ0v) is 12.2. The van der Waals surface area contributed by atoms with Gasteiger partial charge >= 0.3 is 5.97 Å². The molecule has 3 aromatic rings. The largest absolute Gasteiger partial charge is 0.461 e. The second-order valence-electron chi connectivity index (χ2n) is 5.19. The van der Waals surface area contributed by atoms with E-state index in [9.17, 15) is 4.79 Å². The molecule has 0 aliphatic carbocycles.